The third-order valence-corrected chi connectivity index (χ3v) is 6.85. The van der Waals surface area contributed by atoms with Crippen molar-refractivity contribution in [1.29, 1.82) is 0 Å². The van der Waals surface area contributed by atoms with Gasteiger partial charge < -0.3 is 10.2 Å². The second-order valence-electron chi connectivity index (χ2n) is 6.78. The van der Waals surface area contributed by atoms with Gasteiger partial charge in [-0.05, 0) is 36.1 Å². The molecule has 5 heteroatoms. The maximum atomic E-state index is 13.0. The summed E-state index contributed by atoms with van der Waals surface area (Å²) in [6, 6.07) is 17.5. The number of carbonyl (C=O) groups excluding carboxylic acids is 2. The van der Waals surface area contributed by atoms with Crippen LogP contribution >= 0.6 is 11.8 Å². The second kappa shape index (κ2) is 6.80. The summed E-state index contributed by atoms with van der Waals surface area (Å²) in [4.78, 5) is 27.0. The maximum absolute atomic E-state index is 13.0. The molecular formula is C21H22N2O2S. The zero-order valence-corrected chi connectivity index (χ0v) is 15.6. The van der Waals surface area contributed by atoms with E-state index >= 15 is 0 Å². The first-order chi connectivity index (χ1) is 12.6. The van der Waals surface area contributed by atoms with Gasteiger partial charge in [0, 0.05) is 17.9 Å². The number of amides is 2. The zero-order chi connectivity index (χ0) is 18.1. The number of benzene rings is 2. The van der Waals surface area contributed by atoms with Crippen LogP contribution in [0, 0.1) is 0 Å². The number of rotatable bonds is 4. The number of hydrogen-bond donors (Lipinski definition) is 1. The highest BCUT2D eigenvalue weighted by Crippen LogP contribution is 2.54. The first-order valence-corrected chi connectivity index (χ1v) is 10.0. The van der Waals surface area contributed by atoms with Crippen LogP contribution < -0.4 is 5.32 Å². The number of hydrogen-bond acceptors (Lipinski definition) is 3. The molecule has 4 nitrogen and oxygen atoms in total. The summed E-state index contributed by atoms with van der Waals surface area (Å²) < 4.78 is 0. The summed E-state index contributed by atoms with van der Waals surface area (Å²) >= 11 is 1.72. The number of carbonyl (C=O) groups is 2. The molecule has 0 bridgehead atoms. The molecule has 2 aliphatic rings. The van der Waals surface area contributed by atoms with Crippen LogP contribution in [-0.2, 0) is 20.9 Å². The van der Waals surface area contributed by atoms with Crippen LogP contribution in [0.2, 0.25) is 0 Å². The van der Waals surface area contributed by atoms with Crippen LogP contribution in [-0.4, -0.2) is 28.5 Å². The van der Waals surface area contributed by atoms with E-state index in [1.165, 1.54) is 5.56 Å². The minimum atomic E-state index is -0.430. The van der Waals surface area contributed by atoms with E-state index < -0.39 is 10.9 Å². The summed E-state index contributed by atoms with van der Waals surface area (Å²) in [6.45, 7) is 2.09. The van der Waals surface area contributed by atoms with Crippen LogP contribution in [0.5, 0.6) is 0 Å². The van der Waals surface area contributed by atoms with Gasteiger partial charge in [-0.25, -0.2) is 0 Å². The standard InChI is InChI=1S/C21H22N2O2S/c1-2-15-7-6-10-17(13-15)22-20(25)18-14-26-21(12-11-19(24)23(18)21)16-8-4-3-5-9-16/h3-10,13,18H,2,11-12,14H2,1H3,(H,22,25)/t18-,21-/m0/s1. The highest BCUT2D eigenvalue weighted by molar-refractivity contribution is 8.00. The Bertz CT molecular complexity index is 839. The summed E-state index contributed by atoms with van der Waals surface area (Å²) in [5.41, 5.74) is 3.09. The van der Waals surface area contributed by atoms with Crippen molar-refractivity contribution < 1.29 is 9.59 Å². The molecule has 4 rings (SSSR count). The van der Waals surface area contributed by atoms with E-state index in [1.54, 1.807) is 11.8 Å². The molecular weight excluding hydrogens is 344 g/mol. The van der Waals surface area contributed by atoms with Crippen molar-refractivity contribution in [2.75, 3.05) is 11.1 Å². The number of nitrogens with zero attached hydrogens (tertiary/aromatic N) is 1. The van der Waals surface area contributed by atoms with Gasteiger partial charge in [0.05, 0.1) is 0 Å². The lowest BCUT2D eigenvalue weighted by Crippen LogP contribution is -2.48. The van der Waals surface area contributed by atoms with Gasteiger partial charge in [-0.2, -0.15) is 0 Å². The van der Waals surface area contributed by atoms with E-state index in [0.29, 0.717) is 12.2 Å². The number of thioether (sulfide) groups is 1. The van der Waals surface area contributed by atoms with E-state index in [0.717, 1.165) is 24.1 Å². The highest BCUT2D eigenvalue weighted by Gasteiger charge is 2.56. The molecule has 2 aromatic carbocycles. The smallest absolute Gasteiger partial charge is 0.248 e. The molecule has 2 aromatic rings. The number of fused-ring (bicyclic) bond motifs is 1. The number of anilines is 1. The molecule has 2 atom stereocenters. The van der Waals surface area contributed by atoms with E-state index in [9.17, 15) is 9.59 Å². The van der Waals surface area contributed by atoms with Crippen LogP contribution in [0.25, 0.3) is 0 Å². The molecule has 2 fully saturated rings. The van der Waals surface area contributed by atoms with Crippen molar-refractivity contribution in [3.63, 3.8) is 0 Å². The molecule has 134 valence electrons. The minimum Gasteiger partial charge on any atom is -0.324 e. The Morgan fingerprint density at radius 1 is 1.23 bits per heavy atom. The first-order valence-electron chi connectivity index (χ1n) is 9.05. The molecule has 0 unspecified atom stereocenters. The molecule has 0 aromatic heterocycles. The van der Waals surface area contributed by atoms with Gasteiger partial charge in [-0.3, -0.25) is 9.59 Å². The summed E-state index contributed by atoms with van der Waals surface area (Å²) in [5, 5.41) is 3.01. The van der Waals surface area contributed by atoms with E-state index in [4.69, 9.17) is 0 Å². The van der Waals surface area contributed by atoms with Crippen molar-refractivity contribution in [3.8, 4) is 0 Å². The van der Waals surface area contributed by atoms with Gasteiger partial charge in [0.15, 0.2) is 0 Å². The molecule has 2 aliphatic heterocycles. The SMILES string of the molecule is CCc1cccc(NC(=O)[C@@H]2CS[C@]3(c4ccccc4)CCC(=O)N23)c1. The molecule has 26 heavy (non-hydrogen) atoms. The Labute approximate surface area is 158 Å². The molecule has 0 aliphatic carbocycles. The fraction of sp³-hybridized carbons (Fsp3) is 0.333. The molecule has 2 heterocycles. The zero-order valence-electron chi connectivity index (χ0n) is 14.8. The van der Waals surface area contributed by atoms with Crippen molar-refractivity contribution in [2.45, 2.75) is 37.1 Å². The third-order valence-electron chi connectivity index (χ3n) is 5.26. The Hall–Kier alpha value is -2.27. The topological polar surface area (TPSA) is 49.4 Å². The molecule has 0 spiro atoms. The van der Waals surface area contributed by atoms with E-state index in [1.807, 2.05) is 47.4 Å². The van der Waals surface area contributed by atoms with Crippen molar-refractivity contribution >= 4 is 29.3 Å². The Morgan fingerprint density at radius 3 is 2.81 bits per heavy atom. The van der Waals surface area contributed by atoms with Crippen LogP contribution in [0.15, 0.2) is 54.6 Å². The van der Waals surface area contributed by atoms with Crippen LogP contribution in [0.4, 0.5) is 5.69 Å². The minimum absolute atomic E-state index is 0.0707. The highest BCUT2D eigenvalue weighted by atomic mass is 32.2. The lowest BCUT2D eigenvalue weighted by Gasteiger charge is -2.34. The average Bonchev–Trinajstić information content (AvgIpc) is 3.22. The van der Waals surface area contributed by atoms with Crippen molar-refractivity contribution in [1.82, 2.24) is 4.90 Å². The summed E-state index contributed by atoms with van der Waals surface area (Å²) in [5.74, 6) is 0.597. The lowest BCUT2D eigenvalue weighted by molar-refractivity contribution is -0.136. The summed E-state index contributed by atoms with van der Waals surface area (Å²) in [6.07, 6.45) is 2.18. The molecule has 2 saturated heterocycles. The number of aryl methyl sites for hydroxylation is 1. The first kappa shape index (κ1) is 17.2. The van der Waals surface area contributed by atoms with Crippen molar-refractivity contribution in [3.05, 3.63) is 65.7 Å². The Balaban J connectivity index is 1.60. The number of nitrogens with one attached hydrogen (secondary N) is 1. The lowest BCUT2D eigenvalue weighted by atomic mass is 10.0. The van der Waals surface area contributed by atoms with E-state index in [-0.39, 0.29) is 11.8 Å². The fourth-order valence-corrected chi connectivity index (χ4v) is 5.58. The third kappa shape index (κ3) is 2.80. The Morgan fingerprint density at radius 2 is 2.04 bits per heavy atom. The van der Waals surface area contributed by atoms with Gasteiger partial charge >= 0.3 is 0 Å². The molecule has 0 radical (unpaired) electrons. The maximum Gasteiger partial charge on any atom is 0.248 e. The Kier molecular flexibility index (Phi) is 4.49. The van der Waals surface area contributed by atoms with Crippen LogP contribution in [0.3, 0.4) is 0 Å². The van der Waals surface area contributed by atoms with Gasteiger partial charge in [0.1, 0.15) is 10.9 Å². The summed E-state index contributed by atoms with van der Waals surface area (Å²) in [7, 11) is 0. The fourth-order valence-electron chi connectivity index (χ4n) is 3.93. The van der Waals surface area contributed by atoms with Gasteiger partial charge in [-0.1, -0.05) is 49.4 Å². The molecule has 1 N–H and O–H groups in total. The normalized spacial score (nSPS) is 24.6. The predicted octanol–water partition coefficient (Wildman–Crippen LogP) is 3.78. The van der Waals surface area contributed by atoms with Gasteiger partial charge in [0.2, 0.25) is 11.8 Å². The monoisotopic (exact) mass is 366 g/mol. The second-order valence-corrected chi connectivity index (χ2v) is 8.08. The molecule has 2 amide bonds. The molecule has 0 saturated carbocycles. The van der Waals surface area contributed by atoms with Crippen LogP contribution in [0.1, 0.15) is 30.9 Å². The quantitative estimate of drug-likeness (QED) is 0.896. The predicted molar refractivity (Wildman–Crippen MR) is 105 cm³/mol. The van der Waals surface area contributed by atoms with Crippen molar-refractivity contribution in [2.24, 2.45) is 0 Å². The average molecular weight is 366 g/mol. The van der Waals surface area contributed by atoms with Gasteiger partial charge in [0.25, 0.3) is 0 Å². The van der Waals surface area contributed by atoms with Gasteiger partial charge in [-0.15, -0.1) is 11.8 Å². The largest absolute Gasteiger partial charge is 0.324 e. The van der Waals surface area contributed by atoms with E-state index in [2.05, 4.69) is 24.4 Å².